The van der Waals surface area contributed by atoms with Gasteiger partial charge in [0.1, 0.15) is 0 Å². The van der Waals surface area contributed by atoms with Crippen LogP contribution in [0.3, 0.4) is 0 Å². The third kappa shape index (κ3) is 3.54. The third-order valence-electron chi connectivity index (χ3n) is 3.37. The highest BCUT2D eigenvalue weighted by molar-refractivity contribution is 8.00. The van der Waals surface area contributed by atoms with E-state index in [0.29, 0.717) is 4.75 Å². The summed E-state index contributed by atoms with van der Waals surface area (Å²) in [6, 6.07) is 0. The van der Waals surface area contributed by atoms with Crippen LogP contribution in [0.25, 0.3) is 0 Å². The molecule has 2 aliphatic rings. The lowest BCUT2D eigenvalue weighted by molar-refractivity contribution is -0.124. The molecule has 2 aliphatic heterocycles. The molecule has 2 fully saturated rings. The van der Waals surface area contributed by atoms with E-state index < -0.39 is 0 Å². The van der Waals surface area contributed by atoms with Gasteiger partial charge in [0, 0.05) is 17.8 Å². The molecule has 2 heterocycles. The van der Waals surface area contributed by atoms with Gasteiger partial charge in [0.15, 0.2) is 0 Å². The number of carbonyl (C=O) groups is 1. The average Bonchev–Trinajstić information content (AvgIpc) is 2.85. The van der Waals surface area contributed by atoms with Gasteiger partial charge in [-0.05, 0) is 38.5 Å². The molecule has 16 heavy (non-hydrogen) atoms. The summed E-state index contributed by atoms with van der Waals surface area (Å²) >= 11 is 2.00. The van der Waals surface area contributed by atoms with Crippen molar-refractivity contribution in [3.05, 3.63) is 0 Å². The van der Waals surface area contributed by atoms with E-state index in [2.05, 4.69) is 17.6 Å². The molecule has 0 bridgehead atoms. The third-order valence-corrected chi connectivity index (χ3v) is 4.91. The Balaban J connectivity index is 0.00000128. The molecule has 1 amide bonds. The Hall–Kier alpha value is 0.0700. The fraction of sp³-hybridized carbons (Fsp3) is 0.909. The lowest BCUT2D eigenvalue weighted by Crippen LogP contribution is -2.40. The van der Waals surface area contributed by atoms with Gasteiger partial charge < -0.3 is 10.6 Å². The number of rotatable bonds is 3. The van der Waals surface area contributed by atoms with Gasteiger partial charge in [0.2, 0.25) is 5.91 Å². The summed E-state index contributed by atoms with van der Waals surface area (Å²) in [5.41, 5.74) is 0. The minimum atomic E-state index is 0. The predicted octanol–water partition coefficient (Wildman–Crippen LogP) is 1.42. The molecule has 2 atom stereocenters. The maximum Gasteiger partial charge on any atom is 0.224 e. The first-order chi connectivity index (χ1) is 7.20. The Morgan fingerprint density at radius 3 is 3.00 bits per heavy atom. The van der Waals surface area contributed by atoms with Gasteiger partial charge in [0.05, 0.1) is 5.92 Å². The van der Waals surface area contributed by atoms with Crippen LogP contribution < -0.4 is 10.6 Å². The molecule has 2 saturated heterocycles. The quantitative estimate of drug-likeness (QED) is 0.810. The second-order valence-electron chi connectivity index (χ2n) is 4.81. The topological polar surface area (TPSA) is 41.1 Å². The Morgan fingerprint density at radius 1 is 1.62 bits per heavy atom. The van der Waals surface area contributed by atoms with Crippen molar-refractivity contribution in [3.63, 3.8) is 0 Å². The minimum absolute atomic E-state index is 0. The fourth-order valence-electron chi connectivity index (χ4n) is 2.27. The van der Waals surface area contributed by atoms with E-state index in [1.807, 2.05) is 11.8 Å². The van der Waals surface area contributed by atoms with Crippen LogP contribution in [-0.2, 0) is 4.79 Å². The van der Waals surface area contributed by atoms with E-state index in [1.54, 1.807) is 0 Å². The number of hydrogen-bond acceptors (Lipinski definition) is 3. The Morgan fingerprint density at radius 2 is 2.44 bits per heavy atom. The molecule has 1 unspecified atom stereocenters. The number of carbonyl (C=O) groups excluding carboxylic acids is 1. The van der Waals surface area contributed by atoms with E-state index in [-0.39, 0.29) is 24.2 Å². The maximum absolute atomic E-state index is 11.8. The largest absolute Gasteiger partial charge is 0.354 e. The van der Waals surface area contributed by atoms with Crippen molar-refractivity contribution in [1.29, 1.82) is 0 Å². The lowest BCUT2D eigenvalue weighted by atomic mass is 10.0. The summed E-state index contributed by atoms with van der Waals surface area (Å²) in [6.45, 7) is 4.95. The van der Waals surface area contributed by atoms with E-state index in [9.17, 15) is 4.79 Å². The van der Waals surface area contributed by atoms with Crippen LogP contribution in [0, 0.1) is 5.92 Å². The monoisotopic (exact) mass is 264 g/mol. The van der Waals surface area contributed by atoms with Gasteiger partial charge in [0.25, 0.3) is 0 Å². The fourth-order valence-corrected chi connectivity index (χ4v) is 3.52. The lowest BCUT2D eigenvalue weighted by Gasteiger charge is -2.23. The summed E-state index contributed by atoms with van der Waals surface area (Å²) in [5.74, 6) is 1.70. The zero-order valence-electron chi connectivity index (χ0n) is 9.75. The SMILES string of the molecule is CC1(CNC(=O)[C@@H]2CCNC2)CCCS1.Cl. The van der Waals surface area contributed by atoms with Crippen LogP contribution in [0.2, 0.25) is 0 Å². The number of thioether (sulfide) groups is 1. The molecule has 2 rings (SSSR count). The molecule has 2 N–H and O–H groups in total. The van der Waals surface area contributed by atoms with Crippen LogP contribution in [0.1, 0.15) is 26.2 Å². The maximum atomic E-state index is 11.8. The Bertz CT molecular complexity index is 238. The van der Waals surface area contributed by atoms with E-state index in [1.165, 1.54) is 18.6 Å². The molecule has 0 radical (unpaired) electrons. The van der Waals surface area contributed by atoms with Crippen LogP contribution in [-0.4, -0.2) is 36.0 Å². The van der Waals surface area contributed by atoms with Crippen molar-refractivity contribution in [2.75, 3.05) is 25.4 Å². The molecule has 0 aromatic heterocycles. The molecule has 5 heteroatoms. The van der Waals surface area contributed by atoms with Crippen LogP contribution in [0.15, 0.2) is 0 Å². The molecule has 94 valence electrons. The molecular weight excluding hydrogens is 244 g/mol. The van der Waals surface area contributed by atoms with E-state index in [0.717, 1.165) is 26.1 Å². The first-order valence-corrected chi connectivity index (χ1v) is 6.81. The number of nitrogens with one attached hydrogen (secondary N) is 2. The van der Waals surface area contributed by atoms with Crippen LogP contribution >= 0.6 is 24.2 Å². The van der Waals surface area contributed by atoms with Gasteiger partial charge >= 0.3 is 0 Å². The van der Waals surface area contributed by atoms with Gasteiger partial charge in [-0.15, -0.1) is 12.4 Å². The zero-order chi connectivity index (χ0) is 10.7. The summed E-state index contributed by atoms with van der Waals surface area (Å²) in [5, 5.41) is 6.33. The number of amides is 1. The van der Waals surface area contributed by atoms with Crippen molar-refractivity contribution in [3.8, 4) is 0 Å². The molecule has 0 spiro atoms. The smallest absolute Gasteiger partial charge is 0.224 e. The first kappa shape index (κ1) is 14.1. The minimum Gasteiger partial charge on any atom is -0.354 e. The molecule has 0 aromatic rings. The first-order valence-electron chi connectivity index (χ1n) is 5.82. The second-order valence-corrected chi connectivity index (χ2v) is 6.49. The molecule has 0 aliphatic carbocycles. The molecular formula is C11H21ClN2OS. The summed E-state index contributed by atoms with van der Waals surface area (Å²) in [7, 11) is 0. The van der Waals surface area contributed by atoms with Gasteiger partial charge in [-0.25, -0.2) is 0 Å². The van der Waals surface area contributed by atoms with E-state index >= 15 is 0 Å². The highest BCUT2D eigenvalue weighted by Crippen LogP contribution is 2.36. The predicted molar refractivity (Wildman–Crippen MR) is 71.3 cm³/mol. The Labute approximate surface area is 108 Å². The van der Waals surface area contributed by atoms with Crippen molar-refractivity contribution < 1.29 is 4.79 Å². The van der Waals surface area contributed by atoms with Crippen molar-refractivity contribution in [2.45, 2.75) is 30.9 Å². The highest BCUT2D eigenvalue weighted by atomic mass is 35.5. The average molecular weight is 265 g/mol. The second kappa shape index (κ2) is 6.12. The number of hydrogen-bond donors (Lipinski definition) is 2. The molecule has 0 aromatic carbocycles. The summed E-state index contributed by atoms with van der Waals surface area (Å²) < 4.78 is 0.293. The molecule has 0 saturated carbocycles. The number of halogens is 1. The van der Waals surface area contributed by atoms with Crippen molar-refractivity contribution in [2.24, 2.45) is 5.92 Å². The Kier molecular flexibility index (Phi) is 5.41. The van der Waals surface area contributed by atoms with Gasteiger partial charge in [-0.3, -0.25) is 4.79 Å². The normalized spacial score (nSPS) is 33.4. The highest BCUT2D eigenvalue weighted by Gasteiger charge is 2.31. The summed E-state index contributed by atoms with van der Waals surface area (Å²) in [4.78, 5) is 11.8. The van der Waals surface area contributed by atoms with E-state index in [4.69, 9.17) is 0 Å². The molecule has 3 nitrogen and oxygen atoms in total. The van der Waals surface area contributed by atoms with Gasteiger partial charge in [-0.1, -0.05) is 0 Å². The van der Waals surface area contributed by atoms with Crippen molar-refractivity contribution in [1.82, 2.24) is 10.6 Å². The van der Waals surface area contributed by atoms with Crippen LogP contribution in [0.4, 0.5) is 0 Å². The zero-order valence-corrected chi connectivity index (χ0v) is 11.4. The summed E-state index contributed by atoms with van der Waals surface area (Å²) in [6.07, 6.45) is 3.53. The van der Waals surface area contributed by atoms with Crippen LogP contribution in [0.5, 0.6) is 0 Å². The van der Waals surface area contributed by atoms with Crippen molar-refractivity contribution >= 4 is 30.1 Å². The standard InChI is InChI=1S/C11H20N2OS.ClH/c1-11(4-2-6-15-11)8-13-10(14)9-3-5-12-7-9;/h9,12H,2-8H2,1H3,(H,13,14);1H/t9-,11?;/m1./s1. The van der Waals surface area contributed by atoms with Gasteiger partial charge in [-0.2, -0.15) is 11.8 Å².